The molecule has 0 amide bonds. The summed E-state index contributed by atoms with van der Waals surface area (Å²) < 4.78 is 0. The average molecular weight is 314 g/mol. The summed E-state index contributed by atoms with van der Waals surface area (Å²) in [7, 11) is -1.81. The lowest BCUT2D eigenvalue weighted by Crippen LogP contribution is -2.43. The number of hydrogen-bond acceptors (Lipinski definition) is 3. The fourth-order valence-electron chi connectivity index (χ4n) is 3.17. The number of aliphatic hydroxyl groups excluding tert-OH is 1. The summed E-state index contributed by atoms with van der Waals surface area (Å²) >= 11 is 0. The van der Waals surface area contributed by atoms with E-state index in [1.54, 1.807) is 0 Å². The normalized spacial score (nSPS) is 15.0. The fourth-order valence-corrected chi connectivity index (χ4v) is 8.47. The van der Waals surface area contributed by atoms with Crippen molar-refractivity contribution in [1.29, 1.82) is 0 Å². The number of carbonyl (C=O) groups is 1. The Bertz CT molecular complexity index is 384. The molecule has 0 heterocycles. The molecule has 0 aromatic heterocycles. The summed E-state index contributed by atoms with van der Waals surface area (Å²) in [6, 6.07) is 0. The van der Waals surface area contributed by atoms with Gasteiger partial charge in [0.05, 0.1) is 6.61 Å². The second kappa shape index (κ2) is 7.97. The Morgan fingerprint density at radius 1 is 1.10 bits per heavy atom. The van der Waals surface area contributed by atoms with Crippen molar-refractivity contribution < 1.29 is 20.1 Å². The van der Waals surface area contributed by atoms with Gasteiger partial charge in [-0.25, -0.2) is 4.79 Å². The van der Waals surface area contributed by atoms with E-state index < -0.39 is 26.3 Å². The molecule has 3 N–H and O–H groups in total. The van der Waals surface area contributed by atoms with E-state index in [2.05, 4.69) is 53.0 Å². The van der Waals surface area contributed by atoms with Gasteiger partial charge >= 0.3 is 5.97 Å². The molecule has 0 saturated heterocycles. The molecule has 0 spiro atoms. The van der Waals surface area contributed by atoms with Gasteiger partial charge in [0.1, 0.15) is 8.07 Å². The van der Waals surface area contributed by atoms with Crippen LogP contribution in [0.25, 0.3) is 0 Å². The molecule has 0 fully saturated rings. The van der Waals surface area contributed by atoms with Gasteiger partial charge in [0, 0.05) is 12.8 Å². The molecule has 122 valence electrons. The molecule has 4 nitrogen and oxygen atoms in total. The maximum Gasteiger partial charge on any atom is 0.338 e. The molecule has 0 saturated carbocycles. The molecule has 1 unspecified atom stereocenters. The third kappa shape index (κ3) is 4.57. The molecule has 5 heteroatoms. The summed E-state index contributed by atoms with van der Waals surface area (Å²) in [5.74, 6) is 1.70. The number of aliphatic carboxylic acids is 1. The predicted molar refractivity (Wildman–Crippen MR) is 87.7 cm³/mol. The highest BCUT2D eigenvalue weighted by Crippen LogP contribution is 2.40. The Balaban J connectivity index is 5.13. The van der Waals surface area contributed by atoms with Gasteiger partial charge in [0.25, 0.3) is 0 Å². The van der Waals surface area contributed by atoms with Crippen LogP contribution in [0.15, 0.2) is 0 Å². The number of aliphatic hydroxyl groups is 2. The topological polar surface area (TPSA) is 77.8 Å². The lowest BCUT2D eigenvalue weighted by Gasteiger charge is -2.38. The van der Waals surface area contributed by atoms with Gasteiger partial charge in [-0.05, 0) is 16.6 Å². The monoisotopic (exact) mass is 314 g/mol. The molecule has 1 atom stereocenters. The predicted octanol–water partition coefficient (Wildman–Crippen LogP) is 2.80. The van der Waals surface area contributed by atoms with Gasteiger partial charge in [-0.1, -0.05) is 41.5 Å². The highest BCUT2D eigenvalue weighted by molar-refractivity contribution is 6.90. The zero-order valence-corrected chi connectivity index (χ0v) is 15.1. The zero-order valence-electron chi connectivity index (χ0n) is 14.1. The maximum atomic E-state index is 10.9. The lowest BCUT2D eigenvalue weighted by molar-refractivity contribution is -0.163. The molecular weight excluding hydrogens is 284 g/mol. The quantitative estimate of drug-likeness (QED) is 0.499. The molecule has 21 heavy (non-hydrogen) atoms. The first-order valence-corrected chi connectivity index (χ1v) is 9.84. The minimum atomic E-state index is -2.08. The summed E-state index contributed by atoms with van der Waals surface area (Å²) in [5, 5.41) is 27.7. The van der Waals surface area contributed by atoms with Crippen LogP contribution in [0.3, 0.4) is 0 Å². The van der Waals surface area contributed by atoms with Crippen molar-refractivity contribution in [2.45, 2.75) is 76.6 Å². The Labute approximate surface area is 129 Å². The van der Waals surface area contributed by atoms with E-state index in [-0.39, 0.29) is 12.8 Å². The molecule has 0 aliphatic carbocycles. The van der Waals surface area contributed by atoms with Crippen molar-refractivity contribution in [3.8, 4) is 11.5 Å². The van der Waals surface area contributed by atoms with Gasteiger partial charge in [0.15, 0.2) is 5.60 Å². The van der Waals surface area contributed by atoms with Gasteiger partial charge in [-0.2, -0.15) is 0 Å². The van der Waals surface area contributed by atoms with E-state index in [9.17, 15) is 9.90 Å². The fraction of sp³-hybridized carbons (Fsp3) is 0.812. The average Bonchev–Trinajstić information content (AvgIpc) is 2.36. The van der Waals surface area contributed by atoms with Crippen molar-refractivity contribution in [2.75, 3.05) is 6.61 Å². The molecule has 0 aliphatic heterocycles. The SMILES string of the molecule is CC(C)[Si](C#CCCC(O)(CO)C(=O)O)(C(C)C)C(C)C. The standard InChI is InChI=1S/C16H30O4Si/c1-12(2)21(13(3)4,14(5)6)10-8-7-9-16(20,11-17)15(18)19/h12-14,17,20H,7,9,11H2,1-6H3,(H,18,19). The van der Waals surface area contributed by atoms with E-state index in [1.807, 2.05) is 0 Å². The van der Waals surface area contributed by atoms with Gasteiger partial charge < -0.3 is 15.3 Å². The Hall–Kier alpha value is -0.833. The first-order valence-electron chi connectivity index (χ1n) is 7.61. The van der Waals surface area contributed by atoms with Crippen molar-refractivity contribution in [1.82, 2.24) is 0 Å². The van der Waals surface area contributed by atoms with Crippen LogP contribution >= 0.6 is 0 Å². The lowest BCUT2D eigenvalue weighted by atomic mass is 9.99. The number of carboxylic acid groups (broad SMARTS) is 1. The van der Waals surface area contributed by atoms with Crippen molar-refractivity contribution >= 4 is 14.0 Å². The van der Waals surface area contributed by atoms with Crippen LogP contribution < -0.4 is 0 Å². The van der Waals surface area contributed by atoms with Crippen LogP contribution in [0.5, 0.6) is 0 Å². The van der Waals surface area contributed by atoms with Crippen LogP contribution in [0, 0.1) is 11.5 Å². The van der Waals surface area contributed by atoms with Crippen LogP contribution in [0.2, 0.25) is 16.6 Å². The summed E-state index contributed by atoms with van der Waals surface area (Å²) in [5.41, 5.74) is 2.94. The first kappa shape index (κ1) is 20.2. The van der Waals surface area contributed by atoms with E-state index >= 15 is 0 Å². The molecule has 0 bridgehead atoms. The number of hydrogen-bond donors (Lipinski definition) is 3. The summed E-state index contributed by atoms with van der Waals surface area (Å²) in [6.45, 7) is 12.5. The van der Waals surface area contributed by atoms with E-state index in [4.69, 9.17) is 10.2 Å². The molecule has 0 aromatic rings. The number of carboxylic acids is 1. The maximum absolute atomic E-state index is 10.9. The minimum Gasteiger partial charge on any atom is -0.479 e. The second-order valence-corrected chi connectivity index (χ2v) is 12.3. The Kier molecular flexibility index (Phi) is 7.66. The highest BCUT2D eigenvalue weighted by Gasteiger charge is 2.41. The van der Waals surface area contributed by atoms with Gasteiger partial charge in [-0.15, -0.1) is 11.5 Å². The van der Waals surface area contributed by atoms with Crippen molar-refractivity contribution in [2.24, 2.45) is 0 Å². The molecule has 0 rings (SSSR count). The number of rotatable bonds is 7. The van der Waals surface area contributed by atoms with E-state index in [0.717, 1.165) is 0 Å². The van der Waals surface area contributed by atoms with Crippen LogP contribution in [0.4, 0.5) is 0 Å². The summed E-state index contributed by atoms with van der Waals surface area (Å²) in [6.07, 6.45) is 0.231. The highest BCUT2D eigenvalue weighted by atomic mass is 28.3. The summed E-state index contributed by atoms with van der Waals surface area (Å²) in [4.78, 5) is 10.9. The van der Waals surface area contributed by atoms with Gasteiger partial charge in [-0.3, -0.25) is 0 Å². The van der Waals surface area contributed by atoms with Crippen LogP contribution in [-0.2, 0) is 4.79 Å². The van der Waals surface area contributed by atoms with E-state index in [0.29, 0.717) is 16.6 Å². The van der Waals surface area contributed by atoms with Gasteiger partial charge in [0.2, 0.25) is 0 Å². The molecule has 0 aromatic carbocycles. The largest absolute Gasteiger partial charge is 0.479 e. The molecular formula is C16H30O4Si. The zero-order chi connectivity index (χ0) is 16.8. The van der Waals surface area contributed by atoms with Crippen molar-refractivity contribution in [3.63, 3.8) is 0 Å². The third-order valence-corrected chi connectivity index (χ3v) is 10.8. The second-order valence-electron chi connectivity index (χ2n) is 6.69. The van der Waals surface area contributed by atoms with Crippen LogP contribution in [0.1, 0.15) is 54.4 Å². The Morgan fingerprint density at radius 2 is 1.52 bits per heavy atom. The Morgan fingerprint density at radius 3 is 1.81 bits per heavy atom. The molecule has 0 radical (unpaired) electrons. The first-order chi connectivity index (χ1) is 9.54. The van der Waals surface area contributed by atoms with Crippen molar-refractivity contribution in [3.05, 3.63) is 0 Å². The minimum absolute atomic E-state index is 0.0510. The van der Waals surface area contributed by atoms with Crippen LogP contribution in [-0.4, -0.2) is 41.6 Å². The molecule has 0 aliphatic rings. The smallest absolute Gasteiger partial charge is 0.338 e. The third-order valence-electron chi connectivity index (χ3n) is 4.49. The van der Waals surface area contributed by atoms with E-state index in [1.165, 1.54) is 0 Å².